The average molecular weight is 223 g/mol. The number of nitrogens with one attached hydrogen (secondary N) is 1. The molecule has 88 valence electrons. The van der Waals surface area contributed by atoms with Crippen LogP contribution in [-0.2, 0) is 4.79 Å². The molecule has 16 heavy (non-hydrogen) atoms. The van der Waals surface area contributed by atoms with Crippen LogP contribution >= 0.6 is 0 Å². The fourth-order valence-corrected chi connectivity index (χ4v) is 1.29. The number of aliphatic carboxylic acids is 1. The molecule has 0 radical (unpaired) electrons. The van der Waals surface area contributed by atoms with Crippen LogP contribution in [0.3, 0.4) is 0 Å². The van der Waals surface area contributed by atoms with Crippen LogP contribution in [0.4, 0.5) is 0 Å². The summed E-state index contributed by atoms with van der Waals surface area (Å²) in [5, 5.41) is 11.9. The molecule has 1 atom stereocenters. The van der Waals surface area contributed by atoms with Crippen molar-refractivity contribution < 1.29 is 14.6 Å². The molecule has 4 heteroatoms. The highest BCUT2D eigenvalue weighted by Gasteiger charge is 2.18. The summed E-state index contributed by atoms with van der Waals surface area (Å²) in [7, 11) is 0. The summed E-state index contributed by atoms with van der Waals surface area (Å²) in [6.07, 6.45) is 0. The summed E-state index contributed by atoms with van der Waals surface area (Å²) in [5.74, 6) is -0.219. The van der Waals surface area contributed by atoms with Gasteiger partial charge in [-0.2, -0.15) is 0 Å². The lowest BCUT2D eigenvalue weighted by molar-refractivity contribution is -0.140. The van der Waals surface area contributed by atoms with E-state index in [9.17, 15) is 4.79 Å². The Morgan fingerprint density at radius 3 is 2.50 bits per heavy atom. The standard InChI is InChI=1S/C12H17NO3/c1-9(2)13-11(12(14)15)8-16-10-6-4-3-5-7-10/h3-7,9,11,13H,8H2,1-2H3,(H,14,15). The number of para-hydroxylation sites is 1. The van der Waals surface area contributed by atoms with Crippen LogP contribution < -0.4 is 10.1 Å². The topological polar surface area (TPSA) is 58.6 Å². The predicted octanol–water partition coefficient (Wildman–Crippen LogP) is 1.52. The summed E-state index contributed by atoms with van der Waals surface area (Å²) >= 11 is 0. The summed E-state index contributed by atoms with van der Waals surface area (Å²) in [5.41, 5.74) is 0. The molecule has 0 saturated heterocycles. The molecule has 0 aliphatic rings. The van der Waals surface area contributed by atoms with Crippen molar-refractivity contribution in [1.82, 2.24) is 5.32 Å². The van der Waals surface area contributed by atoms with Gasteiger partial charge in [0.25, 0.3) is 0 Å². The van der Waals surface area contributed by atoms with Gasteiger partial charge >= 0.3 is 5.97 Å². The van der Waals surface area contributed by atoms with E-state index in [1.54, 1.807) is 12.1 Å². The third-order valence-electron chi connectivity index (χ3n) is 1.99. The van der Waals surface area contributed by atoms with E-state index in [1.165, 1.54) is 0 Å². The first-order chi connectivity index (χ1) is 7.59. The van der Waals surface area contributed by atoms with Crippen molar-refractivity contribution in [3.63, 3.8) is 0 Å². The van der Waals surface area contributed by atoms with E-state index < -0.39 is 12.0 Å². The molecule has 2 N–H and O–H groups in total. The van der Waals surface area contributed by atoms with E-state index in [-0.39, 0.29) is 12.6 Å². The number of hydrogen-bond acceptors (Lipinski definition) is 3. The smallest absolute Gasteiger partial charge is 0.324 e. The Balaban J connectivity index is 2.47. The van der Waals surface area contributed by atoms with Gasteiger partial charge in [-0.25, -0.2) is 0 Å². The van der Waals surface area contributed by atoms with E-state index in [2.05, 4.69) is 5.32 Å². The maximum absolute atomic E-state index is 10.9. The van der Waals surface area contributed by atoms with Crippen molar-refractivity contribution in [1.29, 1.82) is 0 Å². The highest BCUT2D eigenvalue weighted by molar-refractivity contribution is 5.73. The second kappa shape index (κ2) is 6.12. The first kappa shape index (κ1) is 12.5. The van der Waals surface area contributed by atoms with E-state index in [4.69, 9.17) is 9.84 Å². The quantitative estimate of drug-likeness (QED) is 0.767. The zero-order valence-corrected chi connectivity index (χ0v) is 9.51. The van der Waals surface area contributed by atoms with Crippen molar-refractivity contribution in [2.24, 2.45) is 0 Å². The minimum absolute atomic E-state index is 0.112. The zero-order valence-electron chi connectivity index (χ0n) is 9.51. The van der Waals surface area contributed by atoms with Crippen molar-refractivity contribution in [3.05, 3.63) is 30.3 Å². The Bertz CT molecular complexity index is 324. The Morgan fingerprint density at radius 2 is 2.00 bits per heavy atom. The lowest BCUT2D eigenvalue weighted by atomic mass is 10.2. The number of carboxylic acids is 1. The van der Waals surface area contributed by atoms with Gasteiger partial charge in [0, 0.05) is 6.04 Å². The number of rotatable bonds is 6. The lowest BCUT2D eigenvalue weighted by Gasteiger charge is -2.17. The molecule has 0 amide bonds. The fraction of sp³-hybridized carbons (Fsp3) is 0.417. The van der Waals surface area contributed by atoms with Crippen LogP contribution in [0.1, 0.15) is 13.8 Å². The first-order valence-corrected chi connectivity index (χ1v) is 5.26. The van der Waals surface area contributed by atoms with Crippen molar-refractivity contribution in [3.8, 4) is 5.75 Å². The molecular formula is C12H17NO3. The van der Waals surface area contributed by atoms with Crippen LogP contribution in [0.25, 0.3) is 0 Å². The minimum atomic E-state index is -0.898. The monoisotopic (exact) mass is 223 g/mol. The Hall–Kier alpha value is -1.55. The molecule has 0 fully saturated rings. The summed E-state index contributed by atoms with van der Waals surface area (Å²) in [4.78, 5) is 10.9. The van der Waals surface area contributed by atoms with Gasteiger partial charge in [-0.3, -0.25) is 10.1 Å². The minimum Gasteiger partial charge on any atom is -0.491 e. The molecule has 0 saturated carbocycles. The molecule has 4 nitrogen and oxygen atoms in total. The van der Waals surface area contributed by atoms with Gasteiger partial charge in [0.2, 0.25) is 0 Å². The highest BCUT2D eigenvalue weighted by Crippen LogP contribution is 2.08. The fourth-order valence-electron chi connectivity index (χ4n) is 1.29. The predicted molar refractivity (Wildman–Crippen MR) is 61.6 cm³/mol. The first-order valence-electron chi connectivity index (χ1n) is 5.26. The summed E-state index contributed by atoms with van der Waals surface area (Å²) < 4.78 is 5.39. The molecule has 0 bridgehead atoms. The van der Waals surface area contributed by atoms with Crippen molar-refractivity contribution >= 4 is 5.97 Å². The normalized spacial score (nSPS) is 12.4. The van der Waals surface area contributed by atoms with E-state index in [0.717, 1.165) is 0 Å². The number of carbonyl (C=O) groups is 1. The van der Waals surface area contributed by atoms with Gasteiger partial charge in [-0.1, -0.05) is 32.0 Å². The largest absolute Gasteiger partial charge is 0.491 e. The zero-order chi connectivity index (χ0) is 12.0. The Labute approximate surface area is 95.2 Å². The number of hydrogen-bond donors (Lipinski definition) is 2. The van der Waals surface area contributed by atoms with Gasteiger partial charge < -0.3 is 9.84 Å². The van der Waals surface area contributed by atoms with Gasteiger partial charge in [0.05, 0.1) is 0 Å². The molecule has 0 spiro atoms. The third kappa shape index (κ3) is 4.31. The second-order valence-corrected chi connectivity index (χ2v) is 3.84. The molecule has 0 aliphatic heterocycles. The average Bonchev–Trinajstić information content (AvgIpc) is 2.25. The second-order valence-electron chi connectivity index (χ2n) is 3.84. The van der Waals surface area contributed by atoms with Crippen LogP contribution in [0.5, 0.6) is 5.75 Å². The van der Waals surface area contributed by atoms with Gasteiger partial charge in [-0.15, -0.1) is 0 Å². The SMILES string of the molecule is CC(C)NC(COc1ccccc1)C(=O)O. The van der Waals surface area contributed by atoms with Gasteiger partial charge in [0.15, 0.2) is 0 Å². The van der Waals surface area contributed by atoms with Crippen LogP contribution in [0.15, 0.2) is 30.3 Å². The molecule has 1 aromatic rings. The molecule has 1 aromatic carbocycles. The Kier molecular flexibility index (Phi) is 4.79. The third-order valence-corrected chi connectivity index (χ3v) is 1.99. The maximum atomic E-state index is 10.9. The van der Waals surface area contributed by atoms with E-state index in [0.29, 0.717) is 5.75 Å². The number of benzene rings is 1. The molecule has 0 aromatic heterocycles. The molecule has 1 unspecified atom stereocenters. The highest BCUT2D eigenvalue weighted by atomic mass is 16.5. The van der Waals surface area contributed by atoms with Crippen molar-refractivity contribution in [2.75, 3.05) is 6.61 Å². The molecular weight excluding hydrogens is 206 g/mol. The molecule has 0 aliphatic carbocycles. The van der Waals surface area contributed by atoms with Gasteiger partial charge in [-0.05, 0) is 12.1 Å². The number of carboxylic acid groups (broad SMARTS) is 1. The van der Waals surface area contributed by atoms with Crippen LogP contribution in [0.2, 0.25) is 0 Å². The van der Waals surface area contributed by atoms with E-state index in [1.807, 2.05) is 32.0 Å². The number of ether oxygens (including phenoxy) is 1. The van der Waals surface area contributed by atoms with Crippen LogP contribution in [0, 0.1) is 0 Å². The molecule has 0 heterocycles. The Morgan fingerprint density at radius 1 is 1.38 bits per heavy atom. The summed E-state index contributed by atoms with van der Waals surface area (Å²) in [6.45, 7) is 3.93. The van der Waals surface area contributed by atoms with Crippen LogP contribution in [-0.4, -0.2) is 29.8 Å². The maximum Gasteiger partial charge on any atom is 0.324 e. The van der Waals surface area contributed by atoms with Crippen molar-refractivity contribution in [2.45, 2.75) is 25.9 Å². The lowest BCUT2D eigenvalue weighted by Crippen LogP contribution is -2.44. The van der Waals surface area contributed by atoms with E-state index >= 15 is 0 Å². The van der Waals surface area contributed by atoms with Gasteiger partial charge in [0.1, 0.15) is 18.4 Å². The molecule has 1 rings (SSSR count). The summed E-state index contributed by atoms with van der Waals surface area (Å²) in [6, 6.07) is 8.61.